The van der Waals surface area contributed by atoms with Gasteiger partial charge in [-0.25, -0.2) is 9.59 Å². The van der Waals surface area contributed by atoms with E-state index >= 15 is 0 Å². The second kappa shape index (κ2) is 28.3. The zero-order valence-corrected chi connectivity index (χ0v) is 37.5. The minimum Gasteiger partial charge on any atom is -0.491 e. The molecular formula is C43H63F3N4O13S. The molecule has 0 bridgehead atoms. The number of β-amino-alcohol motifs (C(OH)–C–C–N with tert-alkyl or cyclic N) is 1. The van der Waals surface area contributed by atoms with E-state index in [-0.39, 0.29) is 54.8 Å². The Kier molecular flexibility index (Phi) is 24.5. The van der Waals surface area contributed by atoms with Gasteiger partial charge in [0, 0.05) is 56.1 Å². The highest BCUT2D eigenvalue weighted by Crippen LogP contribution is 2.36. The molecule has 17 nitrogen and oxygen atoms in total. The molecule has 4 rings (SSSR count). The first-order valence-corrected chi connectivity index (χ1v) is 21.5. The fraction of sp³-hybridized carbons (Fsp3) is 0.605. The van der Waals surface area contributed by atoms with E-state index in [9.17, 15) is 48.0 Å². The number of ether oxygens (including phenoxy) is 4. The van der Waals surface area contributed by atoms with Crippen LogP contribution in [0.2, 0.25) is 0 Å². The third-order valence-electron chi connectivity index (χ3n) is 9.15. The van der Waals surface area contributed by atoms with Gasteiger partial charge in [0.15, 0.2) is 0 Å². The van der Waals surface area contributed by atoms with E-state index < -0.39 is 48.1 Å². The van der Waals surface area contributed by atoms with Crippen LogP contribution < -0.4 is 19.7 Å². The monoisotopic (exact) mass is 932 g/mol. The number of allylic oxidation sites excluding steroid dienone is 2. The molecule has 1 aliphatic carbocycles. The number of halogens is 3. The Balaban J connectivity index is 0.000000407. The minimum atomic E-state index is -4.49. The molecule has 1 saturated carbocycles. The summed E-state index contributed by atoms with van der Waals surface area (Å²) in [4.78, 5) is 32.7. The van der Waals surface area contributed by atoms with E-state index in [0.717, 1.165) is 42.8 Å². The van der Waals surface area contributed by atoms with Crippen molar-refractivity contribution in [2.45, 2.75) is 109 Å². The van der Waals surface area contributed by atoms with Crippen LogP contribution in [0.15, 0.2) is 60.7 Å². The van der Waals surface area contributed by atoms with Gasteiger partial charge in [-0.1, -0.05) is 30.4 Å². The number of alkyl halides is 3. The van der Waals surface area contributed by atoms with Crippen molar-refractivity contribution >= 4 is 35.5 Å². The number of nitrogens with one attached hydrogen (secondary N) is 1. The van der Waals surface area contributed by atoms with Gasteiger partial charge in [0.2, 0.25) is 5.82 Å². The predicted molar refractivity (Wildman–Crippen MR) is 231 cm³/mol. The van der Waals surface area contributed by atoms with E-state index in [1.165, 1.54) is 18.2 Å². The lowest BCUT2D eigenvalue weighted by atomic mass is 9.89. The SMILES string of the molecule is CC(C)(C)NC[C@H](O)COc1nsnc1N1CCOCC1.CC(C)OC(=O)CCC/C=C\C[C@@H]1[C@@H](/C=C/[C@@H](O)COc2cccc(C(F)(F)F)c2)[C@H](O)C[C@@H]1O.O=C(O)/C=C\C(=O)O. The molecule has 360 valence electrons. The van der Waals surface area contributed by atoms with Gasteiger partial charge in [-0.2, -0.15) is 17.5 Å². The number of nitrogens with zero attached hydrogens (tertiary/aromatic N) is 3. The summed E-state index contributed by atoms with van der Waals surface area (Å²) in [5, 5.41) is 59.6. The van der Waals surface area contributed by atoms with Crippen LogP contribution in [0.1, 0.15) is 72.3 Å². The molecule has 1 aromatic heterocycles. The molecule has 1 saturated heterocycles. The number of carboxylic acids is 2. The van der Waals surface area contributed by atoms with E-state index in [4.69, 9.17) is 29.2 Å². The summed E-state index contributed by atoms with van der Waals surface area (Å²) in [6, 6.07) is 4.40. The summed E-state index contributed by atoms with van der Waals surface area (Å²) in [5.74, 6) is -2.15. The highest BCUT2D eigenvalue weighted by molar-refractivity contribution is 6.99. The molecule has 21 heteroatoms. The van der Waals surface area contributed by atoms with Gasteiger partial charge < -0.3 is 59.8 Å². The number of carbonyl (C=O) groups excluding carboxylic acids is 1. The standard InChI is InChI=1S/C26H35F3O6.C13H24N4O3S.C4H4O4/c1-17(2)35-25(33)11-6-4-3-5-10-21-22(24(32)15-23(21)31)13-12-19(30)16-34-20-9-7-8-18(14-20)26(27,28)29;1-13(2,3)14-8-10(18)9-20-12-11(15-21-16-12)17-4-6-19-7-5-17;5-3(6)1-2-4(7)8/h3,5,7-9,12-14,17,19,21-24,30-32H,4,6,10-11,15-16H2,1-2H3;10,14,18H,4-9H2,1-3H3;1-2H,(H,5,6)(H,7,8)/b5-3-,13-12+;;2-1-/t19-,21-,22-,23+,24-;10-;/m10./s1. The fourth-order valence-electron chi connectivity index (χ4n) is 6.06. The van der Waals surface area contributed by atoms with Crippen LogP contribution >= 0.6 is 11.7 Å². The molecule has 7 N–H and O–H groups in total. The molecule has 0 radical (unpaired) electrons. The van der Waals surface area contributed by atoms with Crippen molar-refractivity contribution in [3.8, 4) is 11.6 Å². The lowest BCUT2D eigenvalue weighted by molar-refractivity contribution is -0.147. The second-order valence-electron chi connectivity index (χ2n) is 16.1. The van der Waals surface area contributed by atoms with Crippen molar-refractivity contribution in [2.75, 3.05) is 51.0 Å². The van der Waals surface area contributed by atoms with Gasteiger partial charge in [0.1, 0.15) is 31.2 Å². The zero-order chi connectivity index (χ0) is 47.9. The number of morpholine rings is 1. The summed E-state index contributed by atoms with van der Waals surface area (Å²) in [6.07, 6.45) is 2.62. The number of hydrogen-bond acceptors (Lipinski definition) is 16. The molecule has 2 aromatic rings. The van der Waals surface area contributed by atoms with Crippen molar-refractivity contribution in [1.29, 1.82) is 0 Å². The van der Waals surface area contributed by atoms with Gasteiger partial charge in [0.05, 0.1) is 48.8 Å². The largest absolute Gasteiger partial charge is 0.491 e. The van der Waals surface area contributed by atoms with Crippen LogP contribution in [-0.4, -0.2) is 139 Å². The van der Waals surface area contributed by atoms with Crippen LogP contribution in [0.25, 0.3) is 0 Å². The van der Waals surface area contributed by atoms with E-state index in [1.807, 2.05) is 12.2 Å². The van der Waals surface area contributed by atoms with Gasteiger partial charge >= 0.3 is 24.1 Å². The molecule has 64 heavy (non-hydrogen) atoms. The number of anilines is 1. The third-order valence-corrected chi connectivity index (χ3v) is 9.65. The van der Waals surface area contributed by atoms with Crippen molar-refractivity contribution < 1.29 is 77.1 Å². The molecule has 0 unspecified atom stereocenters. The first kappa shape index (κ1) is 55.5. The van der Waals surface area contributed by atoms with E-state index in [1.54, 1.807) is 19.9 Å². The topological polar surface area (TPSA) is 251 Å². The number of carboxylic acid groups (broad SMARTS) is 2. The summed E-state index contributed by atoms with van der Waals surface area (Å²) in [7, 11) is 0. The number of aliphatic hydroxyl groups is 4. The highest BCUT2D eigenvalue weighted by atomic mass is 32.1. The Bertz CT molecular complexity index is 1770. The second-order valence-corrected chi connectivity index (χ2v) is 16.7. The van der Waals surface area contributed by atoms with Crippen molar-refractivity contribution in [1.82, 2.24) is 14.1 Å². The third kappa shape index (κ3) is 23.3. The van der Waals surface area contributed by atoms with Crippen molar-refractivity contribution in [2.24, 2.45) is 11.8 Å². The minimum absolute atomic E-state index is 0.0101. The van der Waals surface area contributed by atoms with Crippen LogP contribution in [-0.2, 0) is 30.0 Å². The number of carbonyl (C=O) groups is 3. The van der Waals surface area contributed by atoms with Gasteiger partial charge in [-0.05, 0) is 78.0 Å². The number of rotatable bonds is 20. The lowest BCUT2D eigenvalue weighted by Gasteiger charge is -2.27. The summed E-state index contributed by atoms with van der Waals surface area (Å²) in [6.45, 7) is 13.1. The van der Waals surface area contributed by atoms with Crippen LogP contribution in [0.3, 0.4) is 0 Å². The number of aliphatic hydroxyl groups excluding tert-OH is 4. The van der Waals surface area contributed by atoms with E-state index in [0.29, 0.717) is 63.5 Å². The van der Waals surface area contributed by atoms with Crippen LogP contribution in [0.5, 0.6) is 11.6 Å². The molecule has 1 aliphatic heterocycles. The number of esters is 1. The number of unbranched alkanes of at least 4 members (excludes halogenated alkanes) is 1. The van der Waals surface area contributed by atoms with Gasteiger partial charge in [-0.3, -0.25) is 4.79 Å². The Morgan fingerprint density at radius 2 is 1.66 bits per heavy atom. The Hall–Kier alpha value is -4.64. The van der Waals surface area contributed by atoms with Gasteiger partial charge in [0.25, 0.3) is 5.88 Å². The molecule has 2 heterocycles. The molecule has 2 aliphatic rings. The van der Waals surface area contributed by atoms with Crippen LogP contribution in [0, 0.1) is 11.8 Å². The molecule has 0 spiro atoms. The predicted octanol–water partition coefficient (Wildman–Crippen LogP) is 4.64. The average molecular weight is 933 g/mol. The Labute approximate surface area is 375 Å². The zero-order valence-electron chi connectivity index (χ0n) is 36.7. The normalized spacial score (nSPS) is 20.1. The van der Waals surface area contributed by atoms with Crippen LogP contribution in [0.4, 0.5) is 19.0 Å². The number of benzene rings is 1. The Morgan fingerprint density at radius 1 is 0.984 bits per heavy atom. The summed E-state index contributed by atoms with van der Waals surface area (Å²) in [5.41, 5.74) is -0.864. The smallest absolute Gasteiger partial charge is 0.416 e. The van der Waals surface area contributed by atoms with Gasteiger partial charge in [-0.15, -0.1) is 4.37 Å². The first-order valence-electron chi connectivity index (χ1n) is 20.8. The first-order chi connectivity index (χ1) is 30.0. The quantitative estimate of drug-likeness (QED) is 0.0413. The molecule has 2 fully saturated rings. The average Bonchev–Trinajstić information content (AvgIpc) is 3.80. The van der Waals surface area contributed by atoms with Crippen molar-refractivity contribution in [3.05, 3.63) is 66.3 Å². The molecule has 6 atom stereocenters. The fourth-order valence-corrected chi connectivity index (χ4v) is 6.58. The maximum atomic E-state index is 12.8. The maximum absolute atomic E-state index is 12.8. The maximum Gasteiger partial charge on any atom is 0.416 e. The number of aromatic nitrogens is 2. The molecule has 1 aromatic carbocycles. The molecule has 0 amide bonds. The Morgan fingerprint density at radius 3 is 2.27 bits per heavy atom. The lowest BCUT2D eigenvalue weighted by Crippen LogP contribution is -2.42. The molecular weight excluding hydrogens is 870 g/mol. The van der Waals surface area contributed by atoms with Crippen molar-refractivity contribution in [3.63, 3.8) is 0 Å². The number of hydrogen-bond donors (Lipinski definition) is 7. The summed E-state index contributed by atoms with van der Waals surface area (Å²) >= 11 is 1.12. The number of aliphatic carboxylic acids is 2. The van der Waals surface area contributed by atoms with E-state index in [2.05, 4.69) is 39.7 Å². The summed E-state index contributed by atoms with van der Waals surface area (Å²) < 4.78 is 68.2. The highest BCUT2D eigenvalue weighted by Gasteiger charge is 2.39.